The number of anilines is 3. The van der Waals surface area contributed by atoms with E-state index in [1.54, 1.807) is 14.2 Å². The minimum atomic E-state index is -2.51. The predicted octanol–water partition coefficient (Wildman–Crippen LogP) is 5.77. The molecule has 2 N–H and O–H groups in total. The SMILES string of the molecule is COc1ccc([Si](C)(C)[C@@H]2[C@@H](CC(=O)N3CCC[C@H]3CO)O[C@]3(C(=O)N(Cc4ccc(N5CN(c6ccccc6)C6(CCNCC6)C5=O)cc4)c4ccc(OC)cc43)[C@H]2C)cc1. The van der Waals surface area contributed by atoms with Crippen molar-refractivity contribution in [3.63, 3.8) is 0 Å². The molecule has 5 heterocycles. The predicted molar refractivity (Wildman–Crippen MR) is 243 cm³/mol. The van der Waals surface area contributed by atoms with Crippen molar-refractivity contribution in [2.45, 2.75) is 87.5 Å². The molecule has 4 aromatic rings. The monoisotopic (exact) mass is 857 g/mol. The number of hydrogen-bond acceptors (Lipinski definition) is 9. The highest BCUT2D eigenvalue weighted by Crippen LogP contribution is 2.60. The number of ether oxygens (including phenoxy) is 3. The summed E-state index contributed by atoms with van der Waals surface area (Å²) in [4.78, 5) is 51.9. The molecule has 326 valence electrons. The van der Waals surface area contributed by atoms with Crippen LogP contribution in [0.2, 0.25) is 18.6 Å². The normalized spacial score (nSPS) is 25.6. The van der Waals surface area contributed by atoms with E-state index in [2.05, 4.69) is 54.5 Å². The van der Waals surface area contributed by atoms with Gasteiger partial charge in [0.05, 0.1) is 66.4 Å². The van der Waals surface area contributed by atoms with E-state index in [9.17, 15) is 14.7 Å². The molecule has 62 heavy (non-hydrogen) atoms. The number of aliphatic hydroxyl groups excluding tert-OH is 1. The van der Waals surface area contributed by atoms with Gasteiger partial charge in [-0.3, -0.25) is 19.3 Å². The molecule has 3 amide bonds. The second-order valence-electron chi connectivity index (χ2n) is 18.3. The number of methoxy groups -OCH3 is 2. The van der Waals surface area contributed by atoms with E-state index in [1.807, 2.05) is 87.5 Å². The van der Waals surface area contributed by atoms with Gasteiger partial charge in [0, 0.05) is 29.4 Å². The molecular weight excluding hydrogens is 799 g/mol. The van der Waals surface area contributed by atoms with Crippen molar-refractivity contribution in [3.05, 3.63) is 108 Å². The first-order chi connectivity index (χ1) is 30.0. The number of amides is 3. The maximum atomic E-state index is 15.5. The van der Waals surface area contributed by atoms with Gasteiger partial charge in [-0.15, -0.1) is 0 Å². The molecular formula is C49H59N5O7Si. The molecule has 0 unspecified atom stereocenters. The molecule has 0 saturated carbocycles. The standard InChI is InChI=1S/C49H59N5O7Si/c1-33-45(62(4,5)40-20-17-38(59-2)18-21-40)43(29-44(56)51-27-9-12-37(51)31-55)61-49(33)41-28-39(60-3)19-22-42(41)52(47(49)58)30-34-13-15-35(16-14-34)53-32-54(36-10-7-6-8-11-36)48(46(53)57)23-25-50-26-24-48/h6-8,10-11,13-22,28,33,37,43,45,50,55H,9,12,23-27,29-32H2,1-5H3/t33-,37-,43+,45-,49+/m0/s1. The Morgan fingerprint density at radius 3 is 2.26 bits per heavy atom. The van der Waals surface area contributed by atoms with Crippen molar-refractivity contribution in [2.75, 3.05) is 61.8 Å². The largest absolute Gasteiger partial charge is 0.497 e. The number of rotatable bonds is 11. The number of carbonyl (C=O) groups excluding carboxylic acids is 3. The van der Waals surface area contributed by atoms with Crippen LogP contribution in [-0.2, 0) is 31.3 Å². The minimum Gasteiger partial charge on any atom is -0.497 e. The lowest BCUT2D eigenvalue weighted by Crippen LogP contribution is -2.55. The number of fused-ring (bicyclic) bond motifs is 2. The van der Waals surface area contributed by atoms with Crippen LogP contribution in [0.25, 0.3) is 0 Å². The van der Waals surface area contributed by atoms with Crippen molar-refractivity contribution >= 4 is 48.0 Å². The number of piperidine rings is 1. The van der Waals surface area contributed by atoms with Gasteiger partial charge in [-0.2, -0.15) is 0 Å². The van der Waals surface area contributed by atoms with Gasteiger partial charge in [0.1, 0.15) is 17.0 Å². The van der Waals surface area contributed by atoms with Crippen LogP contribution in [0.4, 0.5) is 17.1 Å². The van der Waals surface area contributed by atoms with Crippen molar-refractivity contribution in [1.82, 2.24) is 10.2 Å². The first-order valence-electron chi connectivity index (χ1n) is 22.1. The first-order valence-corrected chi connectivity index (χ1v) is 25.2. The molecule has 0 aliphatic carbocycles. The fourth-order valence-electron chi connectivity index (χ4n) is 11.6. The van der Waals surface area contributed by atoms with Crippen molar-refractivity contribution < 1.29 is 33.7 Å². The van der Waals surface area contributed by atoms with Crippen LogP contribution in [0, 0.1) is 5.92 Å². The molecule has 9 rings (SSSR count). The smallest absolute Gasteiger partial charge is 0.264 e. The highest BCUT2D eigenvalue weighted by Gasteiger charge is 2.67. The van der Waals surface area contributed by atoms with E-state index in [4.69, 9.17) is 14.2 Å². The molecule has 5 aliphatic heterocycles. The summed E-state index contributed by atoms with van der Waals surface area (Å²) in [6.45, 7) is 9.58. The maximum absolute atomic E-state index is 15.5. The summed E-state index contributed by atoms with van der Waals surface area (Å²) in [6.07, 6.45) is 2.64. The quantitative estimate of drug-likeness (QED) is 0.181. The Kier molecular flexibility index (Phi) is 11.2. The maximum Gasteiger partial charge on any atom is 0.264 e. The lowest BCUT2D eigenvalue weighted by molar-refractivity contribution is -0.150. The molecule has 5 aliphatic rings. The first kappa shape index (κ1) is 42.1. The van der Waals surface area contributed by atoms with Crippen LogP contribution in [0.5, 0.6) is 11.5 Å². The Labute approximate surface area is 365 Å². The van der Waals surface area contributed by atoms with E-state index >= 15 is 4.79 Å². The summed E-state index contributed by atoms with van der Waals surface area (Å²) in [7, 11) is 0.769. The summed E-state index contributed by atoms with van der Waals surface area (Å²) in [5.41, 5.74) is 2.16. The van der Waals surface area contributed by atoms with Crippen molar-refractivity contribution in [2.24, 2.45) is 5.92 Å². The lowest BCUT2D eigenvalue weighted by atomic mass is 9.82. The Bertz CT molecular complexity index is 2300. The van der Waals surface area contributed by atoms with Crippen molar-refractivity contribution in [3.8, 4) is 11.5 Å². The molecule has 4 fully saturated rings. The summed E-state index contributed by atoms with van der Waals surface area (Å²) in [5, 5.41) is 14.8. The van der Waals surface area contributed by atoms with E-state index < -0.39 is 25.3 Å². The zero-order valence-corrected chi connectivity index (χ0v) is 37.5. The van der Waals surface area contributed by atoms with E-state index in [0.717, 1.165) is 72.7 Å². The van der Waals surface area contributed by atoms with Gasteiger partial charge in [0.2, 0.25) is 5.91 Å². The van der Waals surface area contributed by atoms with Crippen molar-refractivity contribution in [1.29, 1.82) is 0 Å². The van der Waals surface area contributed by atoms with E-state index in [0.29, 0.717) is 19.0 Å². The number of nitrogens with zero attached hydrogens (tertiary/aromatic N) is 4. The molecule has 4 aromatic carbocycles. The van der Waals surface area contributed by atoms with E-state index in [-0.39, 0.29) is 54.8 Å². The summed E-state index contributed by atoms with van der Waals surface area (Å²) in [6, 6.07) is 32.0. The van der Waals surface area contributed by atoms with Gasteiger partial charge in [-0.1, -0.05) is 67.7 Å². The molecule has 5 atom stereocenters. The van der Waals surface area contributed by atoms with Crippen LogP contribution in [0.3, 0.4) is 0 Å². The molecule has 0 aromatic heterocycles. The number of nitrogens with one attached hydrogen (secondary N) is 1. The van der Waals surface area contributed by atoms with Crippen LogP contribution in [-0.4, -0.2) is 101 Å². The average molecular weight is 858 g/mol. The number of para-hydroxylation sites is 1. The Morgan fingerprint density at radius 2 is 1.58 bits per heavy atom. The van der Waals surface area contributed by atoms with Gasteiger partial charge >= 0.3 is 0 Å². The number of hydrogen-bond donors (Lipinski definition) is 2. The second-order valence-corrected chi connectivity index (χ2v) is 23.0. The number of aliphatic hydroxyl groups is 1. The minimum absolute atomic E-state index is 0.0527. The second kappa shape index (κ2) is 16.5. The Hall–Kier alpha value is -5.21. The fourth-order valence-corrected chi connectivity index (χ4v) is 15.6. The van der Waals surface area contributed by atoms with Crippen LogP contribution < -0.4 is 34.7 Å². The van der Waals surface area contributed by atoms with Crippen LogP contribution >= 0.6 is 0 Å². The summed E-state index contributed by atoms with van der Waals surface area (Å²) < 4.78 is 18.6. The third kappa shape index (κ3) is 6.79. The third-order valence-electron chi connectivity index (χ3n) is 14.9. The zero-order chi connectivity index (χ0) is 43.4. The number of benzene rings is 4. The van der Waals surface area contributed by atoms with Crippen LogP contribution in [0.1, 0.15) is 50.2 Å². The Balaban J connectivity index is 1.04. The molecule has 0 bridgehead atoms. The van der Waals surface area contributed by atoms with Gasteiger partial charge in [0.25, 0.3) is 11.8 Å². The topological polar surface area (TPSA) is 124 Å². The molecule has 13 heteroatoms. The van der Waals surface area contributed by atoms with Crippen LogP contribution in [0.15, 0.2) is 97.1 Å². The number of likely N-dealkylation sites (tertiary alicyclic amines) is 1. The van der Waals surface area contributed by atoms with Gasteiger partial charge in [-0.05, 0) is 104 Å². The van der Waals surface area contributed by atoms with Gasteiger partial charge in [0.15, 0.2) is 5.60 Å². The Morgan fingerprint density at radius 1 is 0.887 bits per heavy atom. The molecule has 2 spiro atoms. The van der Waals surface area contributed by atoms with Gasteiger partial charge < -0.3 is 39.3 Å². The summed E-state index contributed by atoms with van der Waals surface area (Å²) in [5.74, 6) is 0.982. The molecule has 12 nitrogen and oxygen atoms in total. The zero-order valence-electron chi connectivity index (χ0n) is 36.5. The average Bonchev–Trinajstić information content (AvgIpc) is 4.03. The highest BCUT2D eigenvalue weighted by molar-refractivity contribution is 6.91. The summed E-state index contributed by atoms with van der Waals surface area (Å²) >= 11 is 0. The van der Waals surface area contributed by atoms with E-state index in [1.165, 1.54) is 5.19 Å². The third-order valence-corrected chi connectivity index (χ3v) is 19.2. The molecule has 4 saturated heterocycles. The fraction of sp³-hybridized carbons (Fsp3) is 0.449. The number of carbonyl (C=O) groups is 3. The lowest BCUT2D eigenvalue weighted by Gasteiger charge is -2.39. The highest BCUT2D eigenvalue weighted by atomic mass is 28.3. The molecule has 0 radical (unpaired) electrons. The van der Waals surface area contributed by atoms with Gasteiger partial charge in [-0.25, -0.2) is 0 Å².